The van der Waals surface area contributed by atoms with Gasteiger partial charge in [0.05, 0.1) is 11.1 Å². The summed E-state index contributed by atoms with van der Waals surface area (Å²) in [5.74, 6) is -0.526. The van der Waals surface area contributed by atoms with Crippen molar-refractivity contribution in [3.63, 3.8) is 0 Å². The molecule has 2 amide bonds. The van der Waals surface area contributed by atoms with Crippen LogP contribution in [0.4, 0.5) is 14.9 Å². The van der Waals surface area contributed by atoms with E-state index in [2.05, 4.69) is 10.3 Å². The molecule has 5 rings (SSSR count). The number of benzene rings is 3. The normalized spacial score (nSPS) is 15.6. The lowest BCUT2D eigenvalue weighted by atomic mass is 9.92. The summed E-state index contributed by atoms with van der Waals surface area (Å²) in [5, 5.41) is 4.59. The predicted molar refractivity (Wildman–Crippen MR) is 127 cm³/mol. The quantitative estimate of drug-likeness (QED) is 0.324. The molecule has 0 saturated carbocycles. The van der Waals surface area contributed by atoms with E-state index in [4.69, 9.17) is 23.2 Å². The number of nitrogens with one attached hydrogen (secondary N) is 2. The number of nitrogens with zero attached hydrogens (tertiary/aromatic N) is 1. The van der Waals surface area contributed by atoms with Crippen molar-refractivity contribution in [3.8, 4) is 0 Å². The summed E-state index contributed by atoms with van der Waals surface area (Å²) in [7, 11) is 0. The van der Waals surface area contributed by atoms with Crippen molar-refractivity contribution >= 4 is 45.8 Å². The highest BCUT2D eigenvalue weighted by atomic mass is 35.5. The number of rotatable bonds is 2. The Balaban J connectivity index is 1.57. The molecular formula is C25H20Cl2FN3O. The van der Waals surface area contributed by atoms with Crippen LogP contribution in [0.5, 0.6) is 0 Å². The van der Waals surface area contributed by atoms with Crippen LogP contribution in [0.3, 0.4) is 0 Å². The zero-order chi connectivity index (χ0) is 22.4. The third-order valence-electron chi connectivity index (χ3n) is 5.91. The number of H-pyrrole nitrogens is 1. The molecule has 2 N–H and O–H groups in total. The molecule has 0 bridgehead atoms. The van der Waals surface area contributed by atoms with Gasteiger partial charge in [0.25, 0.3) is 0 Å². The van der Waals surface area contributed by atoms with Gasteiger partial charge in [-0.25, -0.2) is 9.18 Å². The fraction of sp³-hybridized carbons (Fsp3) is 0.160. The van der Waals surface area contributed by atoms with E-state index in [1.54, 1.807) is 4.90 Å². The first-order valence-corrected chi connectivity index (χ1v) is 11.1. The molecule has 1 aliphatic rings. The van der Waals surface area contributed by atoms with Gasteiger partial charge in [-0.05, 0) is 60.9 Å². The minimum Gasteiger partial charge on any atom is -0.356 e. The van der Waals surface area contributed by atoms with Gasteiger partial charge in [0.1, 0.15) is 5.82 Å². The van der Waals surface area contributed by atoms with Crippen LogP contribution in [0.2, 0.25) is 10.0 Å². The van der Waals surface area contributed by atoms with E-state index in [9.17, 15) is 9.18 Å². The van der Waals surface area contributed by atoms with Crippen molar-refractivity contribution in [2.75, 3.05) is 11.9 Å². The molecule has 1 atom stereocenters. The van der Waals surface area contributed by atoms with E-state index in [0.29, 0.717) is 23.7 Å². The first kappa shape index (κ1) is 20.9. The number of halogens is 3. The Morgan fingerprint density at radius 1 is 1.09 bits per heavy atom. The zero-order valence-corrected chi connectivity index (χ0v) is 18.8. The zero-order valence-electron chi connectivity index (χ0n) is 17.3. The van der Waals surface area contributed by atoms with Crippen LogP contribution in [-0.2, 0) is 6.42 Å². The molecule has 0 spiro atoms. The summed E-state index contributed by atoms with van der Waals surface area (Å²) in [4.78, 5) is 18.7. The van der Waals surface area contributed by atoms with Gasteiger partial charge in [-0.15, -0.1) is 0 Å². The summed E-state index contributed by atoms with van der Waals surface area (Å²) in [5.41, 5.74) is 5.72. The van der Waals surface area contributed by atoms with Crippen molar-refractivity contribution < 1.29 is 9.18 Å². The largest absolute Gasteiger partial charge is 0.356 e. The number of urea groups is 1. The Hall–Kier alpha value is -3.02. The maximum Gasteiger partial charge on any atom is 0.322 e. The number of aromatic nitrogens is 1. The first-order valence-electron chi connectivity index (χ1n) is 10.3. The van der Waals surface area contributed by atoms with E-state index in [1.807, 2.05) is 49.4 Å². The number of amides is 2. The van der Waals surface area contributed by atoms with E-state index < -0.39 is 5.82 Å². The second kappa shape index (κ2) is 8.15. The highest BCUT2D eigenvalue weighted by Gasteiger charge is 2.34. The molecule has 162 valence electrons. The summed E-state index contributed by atoms with van der Waals surface area (Å²) in [6.07, 6.45) is 0.690. The number of hydrogen-bond donors (Lipinski definition) is 2. The molecule has 7 heteroatoms. The molecule has 0 saturated heterocycles. The van der Waals surface area contributed by atoms with E-state index >= 15 is 0 Å². The smallest absolute Gasteiger partial charge is 0.322 e. The van der Waals surface area contributed by atoms with Gasteiger partial charge >= 0.3 is 6.03 Å². The fourth-order valence-corrected chi connectivity index (χ4v) is 4.70. The van der Waals surface area contributed by atoms with Gasteiger partial charge in [-0.2, -0.15) is 0 Å². The first-order chi connectivity index (χ1) is 15.4. The van der Waals surface area contributed by atoms with Gasteiger partial charge in [0.15, 0.2) is 0 Å². The number of anilines is 1. The topological polar surface area (TPSA) is 48.1 Å². The molecule has 32 heavy (non-hydrogen) atoms. The van der Waals surface area contributed by atoms with Crippen molar-refractivity contribution in [2.24, 2.45) is 0 Å². The summed E-state index contributed by atoms with van der Waals surface area (Å²) < 4.78 is 13.5. The van der Waals surface area contributed by atoms with E-state index in [0.717, 1.165) is 27.7 Å². The molecule has 3 aromatic carbocycles. The number of carbonyl (C=O) groups is 1. The van der Waals surface area contributed by atoms with Crippen molar-refractivity contribution in [2.45, 2.75) is 19.4 Å². The molecule has 1 aromatic heterocycles. The van der Waals surface area contributed by atoms with Crippen molar-refractivity contribution in [3.05, 3.63) is 98.9 Å². The molecule has 4 nitrogen and oxygen atoms in total. The van der Waals surface area contributed by atoms with Crippen LogP contribution in [-0.4, -0.2) is 22.5 Å². The third-order valence-corrected chi connectivity index (χ3v) is 6.44. The van der Waals surface area contributed by atoms with Crippen molar-refractivity contribution in [1.82, 2.24) is 9.88 Å². The Kier molecular flexibility index (Phi) is 5.31. The Morgan fingerprint density at radius 3 is 2.62 bits per heavy atom. The molecule has 1 aliphatic heterocycles. The molecule has 0 radical (unpaired) electrons. The lowest BCUT2D eigenvalue weighted by Gasteiger charge is -2.36. The predicted octanol–water partition coefficient (Wildman–Crippen LogP) is 7.10. The van der Waals surface area contributed by atoms with Crippen LogP contribution < -0.4 is 5.32 Å². The third kappa shape index (κ3) is 3.72. The number of carbonyl (C=O) groups excluding carboxylic acids is 1. The minimum atomic E-state index is -0.526. The minimum absolute atomic E-state index is 0.0358. The van der Waals surface area contributed by atoms with Crippen LogP contribution in [0, 0.1) is 12.7 Å². The standard InChI is InChI=1S/C25H20Cl2FN3O/c1-14-2-4-15(5-3-14)24-23-18(19-12-16(26)6-9-22(19)30-23)10-11-31(24)25(32)29-17-7-8-21(28)20(27)13-17/h2-9,12-13,24,30H,10-11H2,1H3,(H,29,32)/t24-/m1/s1. The summed E-state index contributed by atoms with van der Waals surface area (Å²) in [6, 6.07) is 17.5. The lowest BCUT2D eigenvalue weighted by Crippen LogP contribution is -2.43. The van der Waals surface area contributed by atoms with E-state index in [1.165, 1.54) is 23.8 Å². The average Bonchev–Trinajstić information content (AvgIpc) is 3.14. The van der Waals surface area contributed by atoms with Crippen LogP contribution in [0.1, 0.15) is 28.4 Å². The average molecular weight is 468 g/mol. The number of aromatic amines is 1. The molecule has 2 heterocycles. The maximum absolute atomic E-state index is 13.5. The van der Waals surface area contributed by atoms with Crippen LogP contribution in [0.15, 0.2) is 60.7 Å². The van der Waals surface area contributed by atoms with Crippen LogP contribution in [0.25, 0.3) is 10.9 Å². The molecule has 0 aliphatic carbocycles. The number of hydrogen-bond acceptors (Lipinski definition) is 1. The Labute approximate surface area is 194 Å². The second-order valence-electron chi connectivity index (χ2n) is 8.02. The number of aryl methyl sites for hydroxylation is 1. The van der Waals surface area contributed by atoms with Crippen LogP contribution >= 0.6 is 23.2 Å². The molecule has 0 fully saturated rings. The molecule has 0 unspecified atom stereocenters. The highest BCUT2D eigenvalue weighted by Crippen LogP contribution is 2.39. The highest BCUT2D eigenvalue weighted by molar-refractivity contribution is 6.31. The number of fused-ring (bicyclic) bond motifs is 3. The lowest BCUT2D eigenvalue weighted by molar-refractivity contribution is 0.193. The monoisotopic (exact) mass is 467 g/mol. The van der Waals surface area contributed by atoms with E-state index in [-0.39, 0.29) is 17.1 Å². The Bertz CT molecular complexity index is 1330. The molecular weight excluding hydrogens is 448 g/mol. The summed E-state index contributed by atoms with van der Waals surface area (Å²) in [6.45, 7) is 2.55. The van der Waals surface area contributed by atoms with Gasteiger partial charge < -0.3 is 15.2 Å². The Morgan fingerprint density at radius 2 is 1.88 bits per heavy atom. The van der Waals surface area contributed by atoms with Gasteiger partial charge in [0, 0.05) is 33.9 Å². The maximum atomic E-state index is 13.5. The van der Waals surface area contributed by atoms with Gasteiger partial charge in [0.2, 0.25) is 0 Å². The fourth-order valence-electron chi connectivity index (χ4n) is 4.34. The molecule has 4 aromatic rings. The summed E-state index contributed by atoms with van der Waals surface area (Å²) >= 11 is 12.1. The van der Waals surface area contributed by atoms with Gasteiger partial charge in [-0.3, -0.25) is 0 Å². The second-order valence-corrected chi connectivity index (χ2v) is 8.87. The van der Waals surface area contributed by atoms with Crippen molar-refractivity contribution in [1.29, 1.82) is 0 Å². The SMILES string of the molecule is Cc1ccc([C@@H]2c3[nH]c4ccc(Cl)cc4c3CCN2C(=O)Nc2ccc(F)c(Cl)c2)cc1. The van der Waals surface area contributed by atoms with Gasteiger partial charge in [-0.1, -0.05) is 53.0 Å².